The van der Waals surface area contributed by atoms with Crippen molar-refractivity contribution in [2.24, 2.45) is 0 Å². The molecule has 5 heteroatoms. The van der Waals surface area contributed by atoms with Crippen molar-refractivity contribution in [3.63, 3.8) is 0 Å². The number of halogens is 2. The maximum atomic E-state index is 11.8. The molecule has 0 aliphatic carbocycles. The Morgan fingerprint density at radius 3 is 2.85 bits per heavy atom. The van der Waals surface area contributed by atoms with E-state index in [1.54, 1.807) is 0 Å². The summed E-state index contributed by atoms with van der Waals surface area (Å²) in [7, 11) is 0. The van der Waals surface area contributed by atoms with Crippen LogP contribution in [0.4, 0.5) is 8.78 Å². The summed E-state index contributed by atoms with van der Waals surface area (Å²) in [5.41, 5.74) is 0.966. The first-order chi connectivity index (χ1) is 6.15. The van der Waals surface area contributed by atoms with E-state index in [0.29, 0.717) is 6.42 Å². The Morgan fingerprint density at radius 1 is 1.62 bits per heavy atom. The largest absolute Gasteiger partial charge is 0.456 e. The van der Waals surface area contributed by atoms with Crippen molar-refractivity contribution >= 4 is 5.97 Å². The number of hydrogen-bond acceptors (Lipinski definition) is 3. The van der Waals surface area contributed by atoms with Gasteiger partial charge in [-0.2, -0.15) is 0 Å². The van der Waals surface area contributed by atoms with Gasteiger partial charge in [-0.3, -0.25) is 0 Å². The minimum atomic E-state index is -2.46. The Hall–Kier alpha value is -1.13. The number of nitrogens with one attached hydrogen (secondary N) is 1. The molecular formula is C8H11F2NO2. The van der Waals surface area contributed by atoms with E-state index in [1.807, 2.05) is 6.92 Å². The lowest BCUT2D eigenvalue weighted by Crippen LogP contribution is -2.24. The van der Waals surface area contributed by atoms with Gasteiger partial charge in [0.1, 0.15) is 12.3 Å². The third-order valence-electron chi connectivity index (χ3n) is 1.80. The molecular weight excluding hydrogens is 180 g/mol. The second kappa shape index (κ2) is 4.20. The monoisotopic (exact) mass is 191 g/mol. The van der Waals surface area contributed by atoms with E-state index in [9.17, 15) is 13.6 Å². The molecule has 3 nitrogen and oxygen atoms in total. The van der Waals surface area contributed by atoms with E-state index in [2.05, 4.69) is 10.1 Å². The number of rotatable bonds is 4. The zero-order valence-corrected chi connectivity index (χ0v) is 7.27. The SMILES string of the molecule is CCC1=C(NCC(F)F)C(=O)OC1. The quantitative estimate of drug-likeness (QED) is 0.675. The van der Waals surface area contributed by atoms with Gasteiger partial charge in [0.2, 0.25) is 0 Å². The summed E-state index contributed by atoms with van der Waals surface area (Å²) in [6, 6.07) is 0. The number of alkyl halides is 2. The molecule has 0 amide bonds. The zero-order chi connectivity index (χ0) is 9.84. The van der Waals surface area contributed by atoms with Crippen LogP contribution in [0, 0.1) is 0 Å². The first-order valence-electron chi connectivity index (χ1n) is 4.06. The van der Waals surface area contributed by atoms with Gasteiger partial charge < -0.3 is 10.1 Å². The normalized spacial score (nSPS) is 16.8. The zero-order valence-electron chi connectivity index (χ0n) is 7.27. The Balaban J connectivity index is 2.58. The maximum absolute atomic E-state index is 11.8. The van der Waals surface area contributed by atoms with Crippen LogP contribution in [0.25, 0.3) is 0 Å². The number of ether oxygens (including phenoxy) is 1. The molecule has 0 aromatic carbocycles. The van der Waals surface area contributed by atoms with Crippen LogP contribution in [0.5, 0.6) is 0 Å². The second-order valence-corrected chi connectivity index (χ2v) is 2.68. The summed E-state index contributed by atoms with van der Waals surface area (Å²) < 4.78 is 28.3. The lowest BCUT2D eigenvalue weighted by atomic mass is 10.2. The van der Waals surface area contributed by atoms with Gasteiger partial charge in [-0.1, -0.05) is 6.92 Å². The van der Waals surface area contributed by atoms with Gasteiger partial charge in [0.25, 0.3) is 6.43 Å². The van der Waals surface area contributed by atoms with Crippen molar-refractivity contribution in [3.8, 4) is 0 Å². The number of hydrogen-bond donors (Lipinski definition) is 1. The average Bonchev–Trinajstić information content (AvgIpc) is 2.43. The molecule has 0 radical (unpaired) electrons. The first kappa shape index (κ1) is 9.95. The summed E-state index contributed by atoms with van der Waals surface area (Å²) >= 11 is 0. The molecule has 0 spiro atoms. The van der Waals surface area contributed by atoms with E-state index in [-0.39, 0.29) is 12.3 Å². The van der Waals surface area contributed by atoms with Crippen molar-refractivity contribution in [2.45, 2.75) is 19.8 Å². The van der Waals surface area contributed by atoms with E-state index in [1.165, 1.54) is 0 Å². The van der Waals surface area contributed by atoms with Crippen molar-refractivity contribution in [1.29, 1.82) is 0 Å². The maximum Gasteiger partial charge on any atom is 0.354 e. The third-order valence-corrected chi connectivity index (χ3v) is 1.80. The van der Waals surface area contributed by atoms with Crippen LogP contribution >= 0.6 is 0 Å². The fraction of sp³-hybridized carbons (Fsp3) is 0.625. The fourth-order valence-electron chi connectivity index (χ4n) is 1.10. The molecule has 1 heterocycles. The minimum Gasteiger partial charge on any atom is -0.456 e. The van der Waals surface area contributed by atoms with Crippen LogP contribution in [0.2, 0.25) is 0 Å². The van der Waals surface area contributed by atoms with E-state index < -0.39 is 18.9 Å². The van der Waals surface area contributed by atoms with Crippen LogP contribution in [-0.4, -0.2) is 25.5 Å². The predicted molar refractivity (Wildman–Crippen MR) is 42.3 cm³/mol. The number of cyclic esters (lactones) is 1. The molecule has 1 aliphatic rings. The van der Waals surface area contributed by atoms with Crippen LogP contribution in [0.3, 0.4) is 0 Å². The first-order valence-corrected chi connectivity index (χ1v) is 4.06. The molecule has 0 saturated heterocycles. The molecule has 0 bridgehead atoms. The van der Waals surface area contributed by atoms with Gasteiger partial charge in [-0.05, 0) is 12.0 Å². The Labute approximate surface area is 74.8 Å². The van der Waals surface area contributed by atoms with Crippen molar-refractivity contribution in [2.75, 3.05) is 13.2 Å². The highest BCUT2D eigenvalue weighted by molar-refractivity contribution is 5.91. The predicted octanol–water partition coefficient (Wildman–Crippen LogP) is 1.06. The molecule has 74 valence electrons. The number of esters is 1. The number of carbonyl (C=O) groups excluding carboxylic acids is 1. The number of carbonyl (C=O) groups is 1. The van der Waals surface area contributed by atoms with E-state index in [4.69, 9.17) is 0 Å². The molecule has 0 fully saturated rings. The topological polar surface area (TPSA) is 38.3 Å². The molecule has 1 rings (SSSR count). The molecule has 0 aromatic heterocycles. The molecule has 1 aliphatic heterocycles. The highest BCUT2D eigenvalue weighted by Gasteiger charge is 2.23. The Kier molecular flexibility index (Phi) is 3.22. The van der Waals surface area contributed by atoms with Crippen LogP contribution in [0.15, 0.2) is 11.3 Å². The van der Waals surface area contributed by atoms with Gasteiger partial charge in [0.05, 0.1) is 6.54 Å². The molecule has 0 atom stereocenters. The third kappa shape index (κ3) is 2.40. The summed E-state index contributed by atoms with van der Waals surface area (Å²) in [5, 5.41) is 2.39. The van der Waals surface area contributed by atoms with E-state index in [0.717, 1.165) is 5.57 Å². The lowest BCUT2D eigenvalue weighted by molar-refractivity contribution is -0.136. The fourth-order valence-corrected chi connectivity index (χ4v) is 1.10. The minimum absolute atomic E-state index is 0.211. The average molecular weight is 191 g/mol. The highest BCUT2D eigenvalue weighted by Crippen LogP contribution is 2.16. The van der Waals surface area contributed by atoms with Gasteiger partial charge in [0, 0.05) is 0 Å². The van der Waals surface area contributed by atoms with E-state index >= 15 is 0 Å². The van der Waals surface area contributed by atoms with Gasteiger partial charge in [0.15, 0.2) is 0 Å². The van der Waals surface area contributed by atoms with Crippen molar-refractivity contribution < 1.29 is 18.3 Å². The van der Waals surface area contributed by atoms with Crippen LogP contribution in [-0.2, 0) is 9.53 Å². The van der Waals surface area contributed by atoms with Crippen molar-refractivity contribution in [1.82, 2.24) is 5.32 Å². The van der Waals surface area contributed by atoms with Crippen LogP contribution in [0.1, 0.15) is 13.3 Å². The summed E-state index contributed by atoms with van der Waals surface area (Å²) in [6.07, 6.45) is -1.82. The highest BCUT2D eigenvalue weighted by atomic mass is 19.3. The molecule has 13 heavy (non-hydrogen) atoms. The van der Waals surface area contributed by atoms with Crippen molar-refractivity contribution in [3.05, 3.63) is 11.3 Å². The van der Waals surface area contributed by atoms with Gasteiger partial charge in [-0.15, -0.1) is 0 Å². The van der Waals surface area contributed by atoms with Gasteiger partial charge in [-0.25, -0.2) is 13.6 Å². The summed E-state index contributed by atoms with van der Waals surface area (Å²) in [4.78, 5) is 11.0. The summed E-state index contributed by atoms with van der Waals surface area (Å²) in [6.45, 7) is 1.57. The summed E-state index contributed by atoms with van der Waals surface area (Å²) in [5.74, 6) is -0.530. The van der Waals surface area contributed by atoms with Gasteiger partial charge >= 0.3 is 5.97 Å². The molecule has 0 unspecified atom stereocenters. The second-order valence-electron chi connectivity index (χ2n) is 2.68. The molecule has 1 N–H and O–H groups in total. The Bertz CT molecular complexity index is 238. The smallest absolute Gasteiger partial charge is 0.354 e. The molecule has 0 saturated carbocycles. The van der Waals surface area contributed by atoms with Crippen LogP contribution < -0.4 is 5.32 Å². The Morgan fingerprint density at radius 2 is 2.31 bits per heavy atom. The molecule has 0 aromatic rings. The lowest BCUT2D eigenvalue weighted by Gasteiger charge is -2.04. The standard InChI is InChI=1S/C8H11F2NO2/c1-2-5-4-13-8(12)7(5)11-3-6(9)10/h6,11H,2-4H2,1H3.